The molecular formula is C12H18F3N3. The summed E-state index contributed by atoms with van der Waals surface area (Å²) in [5.41, 5.74) is 1.14. The predicted octanol–water partition coefficient (Wildman–Crippen LogP) is 2.28. The zero-order chi connectivity index (χ0) is 13.2. The van der Waals surface area contributed by atoms with Crippen LogP contribution in [-0.4, -0.2) is 28.5 Å². The van der Waals surface area contributed by atoms with Crippen LogP contribution in [0, 0.1) is 5.92 Å². The SMILES string of the molecule is Cn1cc(CCC2CCC(C(F)(F)F)CN2)cn1. The maximum atomic E-state index is 12.5. The van der Waals surface area contributed by atoms with Gasteiger partial charge in [-0.05, 0) is 31.2 Å². The smallest absolute Gasteiger partial charge is 0.313 e. The van der Waals surface area contributed by atoms with E-state index in [9.17, 15) is 13.2 Å². The van der Waals surface area contributed by atoms with Crippen LogP contribution < -0.4 is 5.32 Å². The molecule has 0 aromatic carbocycles. The fraction of sp³-hybridized carbons (Fsp3) is 0.750. The summed E-state index contributed by atoms with van der Waals surface area (Å²) in [5, 5.41) is 7.08. The van der Waals surface area contributed by atoms with Crippen molar-refractivity contribution in [2.75, 3.05) is 6.54 Å². The molecule has 1 aromatic heterocycles. The van der Waals surface area contributed by atoms with Gasteiger partial charge in [-0.1, -0.05) is 0 Å². The second-order valence-corrected chi connectivity index (χ2v) is 4.98. The average Bonchev–Trinajstić information content (AvgIpc) is 2.72. The Morgan fingerprint density at radius 2 is 2.22 bits per heavy atom. The Balaban J connectivity index is 1.74. The number of hydrogen-bond acceptors (Lipinski definition) is 2. The van der Waals surface area contributed by atoms with Crippen LogP contribution in [0.25, 0.3) is 0 Å². The zero-order valence-electron chi connectivity index (χ0n) is 10.4. The molecular weight excluding hydrogens is 243 g/mol. The summed E-state index contributed by atoms with van der Waals surface area (Å²) in [4.78, 5) is 0. The van der Waals surface area contributed by atoms with Crippen molar-refractivity contribution >= 4 is 0 Å². The second kappa shape index (κ2) is 5.30. The van der Waals surface area contributed by atoms with E-state index >= 15 is 0 Å². The average molecular weight is 261 g/mol. The van der Waals surface area contributed by atoms with Crippen molar-refractivity contribution in [3.05, 3.63) is 18.0 Å². The number of nitrogens with zero attached hydrogens (tertiary/aromatic N) is 2. The fourth-order valence-corrected chi connectivity index (χ4v) is 2.38. The number of piperidine rings is 1. The van der Waals surface area contributed by atoms with Gasteiger partial charge in [0.1, 0.15) is 0 Å². The van der Waals surface area contributed by atoms with E-state index in [1.54, 1.807) is 10.9 Å². The molecule has 3 nitrogen and oxygen atoms in total. The Hall–Kier alpha value is -1.04. The second-order valence-electron chi connectivity index (χ2n) is 4.98. The number of nitrogens with one attached hydrogen (secondary N) is 1. The van der Waals surface area contributed by atoms with Gasteiger partial charge >= 0.3 is 6.18 Å². The van der Waals surface area contributed by atoms with Crippen LogP contribution in [0.3, 0.4) is 0 Å². The van der Waals surface area contributed by atoms with Crippen molar-refractivity contribution in [3.63, 3.8) is 0 Å². The van der Waals surface area contributed by atoms with Gasteiger partial charge in [0, 0.05) is 25.8 Å². The van der Waals surface area contributed by atoms with Crippen LogP contribution in [0.1, 0.15) is 24.8 Å². The van der Waals surface area contributed by atoms with Crippen LogP contribution in [-0.2, 0) is 13.5 Å². The van der Waals surface area contributed by atoms with Crippen molar-refractivity contribution < 1.29 is 13.2 Å². The number of aryl methyl sites for hydroxylation is 2. The normalized spacial score (nSPS) is 25.3. The van der Waals surface area contributed by atoms with E-state index in [0.29, 0.717) is 6.42 Å². The van der Waals surface area contributed by atoms with Crippen molar-refractivity contribution in [3.8, 4) is 0 Å². The van der Waals surface area contributed by atoms with Crippen LogP contribution in [0.4, 0.5) is 13.2 Å². The maximum absolute atomic E-state index is 12.5. The van der Waals surface area contributed by atoms with E-state index < -0.39 is 12.1 Å². The molecule has 2 rings (SSSR count). The lowest BCUT2D eigenvalue weighted by Gasteiger charge is -2.31. The van der Waals surface area contributed by atoms with E-state index in [4.69, 9.17) is 0 Å². The molecule has 0 aliphatic carbocycles. The minimum atomic E-state index is -4.05. The zero-order valence-corrected chi connectivity index (χ0v) is 10.4. The summed E-state index contributed by atoms with van der Waals surface area (Å²) in [7, 11) is 1.86. The lowest BCUT2D eigenvalue weighted by atomic mass is 9.91. The van der Waals surface area contributed by atoms with E-state index in [-0.39, 0.29) is 19.0 Å². The predicted molar refractivity (Wildman–Crippen MR) is 62.1 cm³/mol. The minimum absolute atomic E-state index is 0.0568. The van der Waals surface area contributed by atoms with E-state index in [1.807, 2.05) is 13.2 Å². The summed E-state index contributed by atoms with van der Waals surface area (Å²) in [6.07, 6.45) is 2.28. The number of aromatic nitrogens is 2. The number of rotatable bonds is 3. The van der Waals surface area contributed by atoms with E-state index in [1.165, 1.54) is 0 Å². The molecule has 1 fully saturated rings. The molecule has 0 radical (unpaired) electrons. The summed E-state index contributed by atoms with van der Waals surface area (Å²) < 4.78 is 39.2. The van der Waals surface area contributed by atoms with Gasteiger partial charge in [0.15, 0.2) is 0 Å². The monoisotopic (exact) mass is 261 g/mol. The first-order chi connectivity index (χ1) is 8.45. The molecule has 2 atom stereocenters. The van der Waals surface area contributed by atoms with E-state index in [2.05, 4.69) is 10.4 Å². The van der Waals surface area contributed by atoms with Gasteiger partial charge in [0.25, 0.3) is 0 Å². The van der Waals surface area contributed by atoms with Crippen LogP contribution in [0.2, 0.25) is 0 Å². The quantitative estimate of drug-likeness (QED) is 0.904. The highest BCUT2D eigenvalue weighted by atomic mass is 19.4. The molecule has 2 unspecified atom stereocenters. The lowest BCUT2D eigenvalue weighted by Crippen LogP contribution is -2.44. The molecule has 1 aliphatic rings. The Morgan fingerprint density at radius 1 is 1.44 bits per heavy atom. The van der Waals surface area contributed by atoms with Crippen LogP contribution in [0.5, 0.6) is 0 Å². The van der Waals surface area contributed by atoms with E-state index in [0.717, 1.165) is 18.4 Å². The van der Waals surface area contributed by atoms with Gasteiger partial charge in [-0.2, -0.15) is 18.3 Å². The molecule has 0 spiro atoms. The van der Waals surface area contributed by atoms with Gasteiger partial charge in [0.05, 0.1) is 12.1 Å². The fourth-order valence-electron chi connectivity index (χ4n) is 2.38. The molecule has 0 saturated carbocycles. The number of halogens is 3. The highest BCUT2D eigenvalue weighted by Crippen LogP contribution is 2.32. The Kier molecular flexibility index (Phi) is 3.94. The Morgan fingerprint density at radius 3 is 2.72 bits per heavy atom. The van der Waals surface area contributed by atoms with Crippen molar-refractivity contribution in [1.82, 2.24) is 15.1 Å². The maximum Gasteiger partial charge on any atom is 0.393 e. The summed E-state index contributed by atoms with van der Waals surface area (Å²) in [5.74, 6) is -1.17. The van der Waals surface area contributed by atoms with Crippen molar-refractivity contribution in [2.45, 2.75) is 37.9 Å². The molecule has 1 N–H and O–H groups in total. The Bertz CT molecular complexity index is 378. The third kappa shape index (κ3) is 3.48. The highest BCUT2D eigenvalue weighted by molar-refractivity contribution is 5.04. The summed E-state index contributed by atoms with van der Waals surface area (Å²) >= 11 is 0. The third-order valence-electron chi connectivity index (χ3n) is 3.52. The third-order valence-corrected chi connectivity index (χ3v) is 3.52. The largest absolute Gasteiger partial charge is 0.393 e. The lowest BCUT2D eigenvalue weighted by molar-refractivity contribution is -0.179. The Labute approximate surface area is 104 Å². The minimum Gasteiger partial charge on any atom is -0.313 e. The number of alkyl halides is 3. The molecule has 1 aliphatic heterocycles. The van der Waals surface area contributed by atoms with Crippen molar-refractivity contribution in [1.29, 1.82) is 0 Å². The molecule has 0 amide bonds. The summed E-state index contributed by atoms with van der Waals surface area (Å²) in [6.45, 7) is 0.0568. The van der Waals surface area contributed by atoms with Gasteiger partial charge in [-0.3, -0.25) is 4.68 Å². The molecule has 1 aromatic rings. The molecule has 18 heavy (non-hydrogen) atoms. The van der Waals surface area contributed by atoms with Crippen LogP contribution >= 0.6 is 0 Å². The first-order valence-corrected chi connectivity index (χ1v) is 6.23. The van der Waals surface area contributed by atoms with Gasteiger partial charge < -0.3 is 5.32 Å². The number of hydrogen-bond donors (Lipinski definition) is 1. The molecule has 2 heterocycles. The molecule has 1 saturated heterocycles. The van der Waals surface area contributed by atoms with Crippen LogP contribution in [0.15, 0.2) is 12.4 Å². The molecule has 102 valence electrons. The topological polar surface area (TPSA) is 29.9 Å². The van der Waals surface area contributed by atoms with Gasteiger partial charge in [-0.15, -0.1) is 0 Å². The molecule has 6 heteroatoms. The van der Waals surface area contributed by atoms with Gasteiger partial charge in [0.2, 0.25) is 0 Å². The summed E-state index contributed by atoms with van der Waals surface area (Å²) in [6, 6.07) is 0.198. The molecule has 0 bridgehead atoms. The van der Waals surface area contributed by atoms with Crippen molar-refractivity contribution in [2.24, 2.45) is 13.0 Å². The standard InChI is InChI=1S/C12H18F3N3/c1-18-8-9(6-17-18)2-4-11-5-3-10(7-16-11)12(13,14)15/h6,8,10-11,16H,2-5,7H2,1H3. The first kappa shape index (κ1) is 13.4. The van der Waals surface area contributed by atoms with Gasteiger partial charge in [-0.25, -0.2) is 0 Å². The highest BCUT2D eigenvalue weighted by Gasteiger charge is 2.41. The first-order valence-electron chi connectivity index (χ1n) is 6.23.